The molecule has 0 saturated carbocycles. The fraction of sp³-hybridized carbons (Fsp3) is 0. The van der Waals surface area contributed by atoms with Gasteiger partial charge in [0.15, 0.2) is 0 Å². The van der Waals surface area contributed by atoms with Gasteiger partial charge < -0.3 is 32.9 Å². The Hall–Kier alpha value is 4.60. The molecule has 0 aliphatic rings. The van der Waals surface area contributed by atoms with Crippen LogP contribution in [0.4, 0.5) is 0 Å². The van der Waals surface area contributed by atoms with E-state index in [1.54, 1.807) is 0 Å². The molecule has 0 amide bonds. The summed E-state index contributed by atoms with van der Waals surface area (Å²) < 4.78 is 0. The average molecular weight is 270 g/mol. The van der Waals surface area contributed by atoms with Crippen molar-refractivity contribution in [2.24, 2.45) is 0 Å². The van der Waals surface area contributed by atoms with Gasteiger partial charge in [0.2, 0.25) is 0 Å². The third-order valence-electron chi connectivity index (χ3n) is 0. The van der Waals surface area contributed by atoms with Gasteiger partial charge in [-0.15, -0.1) is 0 Å². The Morgan fingerprint density at radius 3 is 0.273 bits per heavy atom. The summed E-state index contributed by atoms with van der Waals surface area (Å²) >= 11 is 0. The van der Waals surface area contributed by atoms with Crippen LogP contribution in [-0.4, -0.2) is 148 Å². The summed E-state index contributed by atoms with van der Waals surface area (Å²) in [5.74, 6) is 0. The predicted octanol–water partition coefficient (Wildman–Crippen LogP) is -2.62. The first-order valence-electron chi connectivity index (χ1n) is 0. The molecule has 0 radical (unpaired) electrons. The van der Waals surface area contributed by atoms with Crippen LogP contribution in [-0.2, 0) is 32.9 Å². The second-order valence-corrected chi connectivity index (χ2v) is 0. The Labute approximate surface area is 176 Å². The molecule has 0 atom stereocenters. The van der Waals surface area contributed by atoms with Gasteiger partial charge in [-0.05, 0) is 0 Å². The Morgan fingerprint density at radius 1 is 0.273 bits per heavy atom. The Kier molecular flexibility index (Phi) is 1820. The van der Waals surface area contributed by atoms with Crippen molar-refractivity contribution in [3.8, 4) is 0 Å². The zero-order valence-corrected chi connectivity index (χ0v) is 14.7. The predicted molar refractivity (Wildman–Crippen MR) is 32.9 cm³/mol. The van der Waals surface area contributed by atoms with Crippen molar-refractivity contribution in [1.82, 2.24) is 0 Å². The summed E-state index contributed by atoms with van der Waals surface area (Å²) in [4.78, 5) is 0. The quantitative estimate of drug-likeness (QED) is 0.420. The topological polar surface area (TPSA) is 171 Å². The summed E-state index contributed by atoms with van der Waals surface area (Å²) in [6.45, 7) is 0. The van der Waals surface area contributed by atoms with Crippen molar-refractivity contribution in [3.05, 3.63) is 0 Å². The standard InChI is InChI=1S/2Al.3Ca.6O/q2*+3;3*+2;6*-2. The van der Waals surface area contributed by atoms with E-state index in [0.717, 1.165) is 0 Å². The molecule has 0 unspecified atom stereocenters. The van der Waals surface area contributed by atoms with Gasteiger partial charge in [-0.25, -0.2) is 0 Å². The molecule has 6 nitrogen and oxygen atoms in total. The van der Waals surface area contributed by atoms with E-state index in [1.165, 1.54) is 0 Å². The second-order valence-electron chi connectivity index (χ2n) is 0. The van der Waals surface area contributed by atoms with Gasteiger partial charge in [-0.3, -0.25) is 0 Å². The van der Waals surface area contributed by atoms with Gasteiger partial charge >= 0.3 is 148 Å². The van der Waals surface area contributed by atoms with Gasteiger partial charge in [-0.1, -0.05) is 0 Å². The molecule has 0 fully saturated rings. The van der Waals surface area contributed by atoms with Crippen LogP contribution in [0, 0.1) is 0 Å². The van der Waals surface area contributed by atoms with Crippen LogP contribution in [0.1, 0.15) is 0 Å². The van der Waals surface area contributed by atoms with Crippen LogP contribution in [0.25, 0.3) is 0 Å². The molecule has 0 rings (SSSR count). The molecule has 0 heterocycles. The zero-order valence-electron chi connectivity index (χ0n) is 5.73. The minimum atomic E-state index is 0. The summed E-state index contributed by atoms with van der Waals surface area (Å²) in [5, 5.41) is 0. The minimum Gasteiger partial charge on any atom is -2.00 e. The largest absolute Gasteiger partial charge is 3.00 e. The van der Waals surface area contributed by atoms with E-state index in [9.17, 15) is 0 Å². The number of rotatable bonds is 0. The number of hydrogen-bond donors (Lipinski definition) is 0. The first-order valence-corrected chi connectivity index (χ1v) is 0. The van der Waals surface area contributed by atoms with Gasteiger partial charge in [0.05, 0.1) is 0 Å². The minimum absolute atomic E-state index is 0. The van der Waals surface area contributed by atoms with Crippen molar-refractivity contribution in [3.63, 3.8) is 0 Å². The molecule has 0 bridgehead atoms. The van der Waals surface area contributed by atoms with Crippen LogP contribution >= 0.6 is 0 Å². The van der Waals surface area contributed by atoms with E-state index < -0.39 is 0 Å². The molecular weight excluding hydrogens is 270 g/mol. The summed E-state index contributed by atoms with van der Waals surface area (Å²) in [5.41, 5.74) is 0. The van der Waals surface area contributed by atoms with Gasteiger partial charge in [-0.2, -0.15) is 0 Å². The Morgan fingerprint density at radius 2 is 0.273 bits per heavy atom. The van der Waals surface area contributed by atoms with Crippen molar-refractivity contribution in [2.75, 3.05) is 0 Å². The average Bonchev–Trinajstić information content (AvgIpc) is 0. The molecule has 0 aliphatic carbocycles. The third-order valence-corrected chi connectivity index (χ3v) is 0. The van der Waals surface area contributed by atoms with E-state index in [2.05, 4.69) is 0 Å². The summed E-state index contributed by atoms with van der Waals surface area (Å²) in [6.07, 6.45) is 0. The third kappa shape index (κ3) is 109. The van der Waals surface area contributed by atoms with Crippen molar-refractivity contribution >= 4 is 148 Å². The maximum Gasteiger partial charge on any atom is 3.00 e. The summed E-state index contributed by atoms with van der Waals surface area (Å²) in [7, 11) is 0. The van der Waals surface area contributed by atoms with Crippen LogP contribution in [0.2, 0.25) is 0 Å². The SMILES string of the molecule is [Al+3].[Al+3].[Ca+2].[Ca+2].[Ca+2].[O-2].[O-2].[O-2].[O-2].[O-2].[O-2]. The first kappa shape index (κ1) is 157. The molecule has 0 N–H and O–H groups in total. The molecule has 0 aromatic heterocycles. The smallest absolute Gasteiger partial charge is 2.00 e. The maximum atomic E-state index is 0. The molecule has 48 valence electrons. The van der Waals surface area contributed by atoms with Gasteiger partial charge in [0.1, 0.15) is 0 Å². The van der Waals surface area contributed by atoms with Gasteiger partial charge in [0.25, 0.3) is 0 Å². The van der Waals surface area contributed by atoms with Crippen LogP contribution in [0.15, 0.2) is 0 Å². The zero-order chi connectivity index (χ0) is 0. The van der Waals surface area contributed by atoms with Crippen LogP contribution in [0.5, 0.6) is 0 Å². The molecule has 0 spiro atoms. The van der Waals surface area contributed by atoms with E-state index in [4.69, 9.17) is 0 Å². The van der Waals surface area contributed by atoms with E-state index in [1.807, 2.05) is 0 Å². The first-order chi connectivity index (χ1) is 0. The number of hydrogen-bond acceptors (Lipinski definition) is 0. The fourth-order valence-electron chi connectivity index (χ4n) is 0. The Bertz CT molecular complexity index is 15.8. The van der Waals surface area contributed by atoms with E-state index in [-0.39, 0.29) is 181 Å². The second kappa shape index (κ2) is 128. The molecule has 0 aromatic carbocycles. The van der Waals surface area contributed by atoms with Crippen molar-refractivity contribution < 1.29 is 32.9 Å². The molecular formula is Al2Ca3O6. The molecule has 0 saturated heterocycles. The van der Waals surface area contributed by atoms with Crippen LogP contribution in [0.3, 0.4) is 0 Å². The monoisotopic (exact) mass is 270 g/mol. The van der Waals surface area contributed by atoms with Gasteiger partial charge in [0, 0.05) is 0 Å². The van der Waals surface area contributed by atoms with Crippen molar-refractivity contribution in [2.45, 2.75) is 0 Å². The normalized spacial score (nSPS) is 0. The summed E-state index contributed by atoms with van der Waals surface area (Å²) in [6, 6.07) is 0. The van der Waals surface area contributed by atoms with E-state index in [0.29, 0.717) is 0 Å². The van der Waals surface area contributed by atoms with Crippen LogP contribution < -0.4 is 0 Å². The Balaban J connectivity index is 0. The maximum absolute atomic E-state index is 0. The van der Waals surface area contributed by atoms with E-state index >= 15 is 0 Å². The molecule has 0 aromatic rings. The molecule has 11 heavy (non-hydrogen) atoms. The molecule has 11 heteroatoms. The molecule has 0 aliphatic heterocycles. The fourth-order valence-corrected chi connectivity index (χ4v) is 0. The van der Waals surface area contributed by atoms with Crippen molar-refractivity contribution in [1.29, 1.82) is 0 Å².